The molecule has 0 unspecified atom stereocenters. The number of ether oxygens (including phenoxy) is 2. The van der Waals surface area contributed by atoms with Crippen LogP contribution in [-0.4, -0.2) is 40.9 Å². The maximum atomic E-state index is 12.3. The molecule has 0 spiro atoms. The summed E-state index contributed by atoms with van der Waals surface area (Å²) in [5, 5.41) is 4.08. The number of ketones is 1. The van der Waals surface area contributed by atoms with Gasteiger partial charge in [0.05, 0.1) is 12.3 Å². The van der Waals surface area contributed by atoms with Crippen molar-refractivity contribution in [1.82, 2.24) is 14.8 Å². The quantitative estimate of drug-likeness (QED) is 0.355. The smallest absolute Gasteiger partial charge is 0.185 e. The van der Waals surface area contributed by atoms with E-state index in [1.807, 2.05) is 24.3 Å². The number of hydrogen-bond donors (Lipinski definition) is 0. The van der Waals surface area contributed by atoms with Crippen LogP contribution < -0.4 is 4.74 Å². The number of nitrogens with zero attached hydrogens (tertiary/aromatic N) is 3. The van der Waals surface area contributed by atoms with Crippen molar-refractivity contribution < 1.29 is 14.3 Å². The van der Waals surface area contributed by atoms with Crippen molar-refractivity contribution in [1.29, 1.82) is 0 Å². The first-order valence-corrected chi connectivity index (χ1v) is 8.15. The van der Waals surface area contributed by atoms with Crippen molar-refractivity contribution in [2.45, 2.75) is 0 Å². The maximum absolute atomic E-state index is 12.3. The lowest BCUT2D eigenvalue weighted by atomic mass is 10.1. The standard InChI is InChI=1S/C20H19N3O3/c1-25-12-13-26-19-9-5-17(6-10-19)20(24)11-4-16-2-7-18(8-3-16)23-15-21-14-22-23/h2-11,14-15H,12-13H2,1H3. The fraction of sp³-hybridized carbons (Fsp3) is 0.150. The second kappa shape index (κ2) is 8.73. The summed E-state index contributed by atoms with van der Waals surface area (Å²) in [6, 6.07) is 14.8. The van der Waals surface area contributed by atoms with Gasteiger partial charge in [-0.05, 0) is 48.0 Å². The fourth-order valence-corrected chi connectivity index (χ4v) is 2.31. The van der Waals surface area contributed by atoms with Gasteiger partial charge in [-0.2, -0.15) is 5.10 Å². The second-order valence-electron chi connectivity index (χ2n) is 5.49. The predicted octanol–water partition coefficient (Wildman–Crippen LogP) is 3.19. The number of carbonyl (C=O) groups is 1. The molecule has 3 rings (SSSR count). The van der Waals surface area contributed by atoms with Gasteiger partial charge in [-0.1, -0.05) is 18.2 Å². The van der Waals surface area contributed by atoms with Gasteiger partial charge >= 0.3 is 0 Å². The average molecular weight is 349 g/mol. The topological polar surface area (TPSA) is 66.2 Å². The molecule has 0 saturated heterocycles. The van der Waals surface area contributed by atoms with Crippen molar-refractivity contribution in [2.24, 2.45) is 0 Å². The van der Waals surface area contributed by atoms with Crippen LogP contribution in [0.15, 0.2) is 67.3 Å². The lowest BCUT2D eigenvalue weighted by Gasteiger charge is -2.05. The lowest BCUT2D eigenvalue weighted by Crippen LogP contribution is -2.04. The molecule has 0 saturated carbocycles. The number of aromatic nitrogens is 3. The number of allylic oxidation sites excluding steroid dienone is 1. The Labute approximate surface area is 151 Å². The minimum Gasteiger partial charge on any atom is -0.491 e. The van der Waals surface area contributed by atoms with E-state index in [1.54, 1.807) is 54.5 Å². The van der Waals surface area contributed by atoms with E-state index in [1.165, 1.54) is 6.33 Å². The molecule has 0 bridgehead atoms. The molecular weight excluding hydrogens is 330 g/mol. The van der Waals surface area contributed by atoms with Crippen LogP contribution in [0.4, 0.5) is 0 Å². The molecule has 6 heteroatoms. The normalized spacial score (nSPS) is 11.0. The second-order valence-corrected chi connectivity index (χ2v) is 5.49. The molecule has 0 amide bonds. The zero-order valence-corrected chi connectivity index (χ0v) is 14.4. The Morgan fingerprint density at radius 2 is 1.85 bits per heavy atom. The fourth-order valence-electron chi connectivity index (χ4n) is 2.31. The van der Waals surface area contributed by atoms with Gasteiger partial charge in [-0.3, -0.25) is 4.79 Å². The van der Waals surface area contributed by atoms with Gasteiger partial charge in [0.15, 0.2) is 5.78 Å². The van der Waals surface area contributed by atoms with Crippen molar-refractivity contribution >= 4 is 11.9 Å². The van der Waals surface area contributed by atoms with Gasteiger partial charge in [-0.25, -0.2) is 9.67 Å². The Morgan fingerprint density at radius 1 is 1.08 bits per heavy atom. The van der Waals surface area contributed by atoms with E-state index >= 15 is 0 Å². The largest absolute Gasteiger partial charge is 0.491 e. The van der Waals surface area contributed by atoms with Crippen LogP contribution in [0.3, 0.4) is 0 Å². The van der Waals surface area contributed by atoms with Gasteiger partial charge in [0.1, 0.15) is 25.0 Å². The average Bonchev–Trinajstić information content (AvgIpc) is 3.22. The van der Waals surface area contributed by atoms with Crippen LogP contribution in [-0.2, 0) is 4.74 Å². The first kappa shape index (κ1) is 17.6. The van der Waals surface area contributed by atoms with Crippen LogP contribution in [0.2, 0.25) is 0 Å². The minimum atomic E-state index is -0.0613. The van der Waals surface area contributed by atoms with E-state index in [-0.39, 0.29) is 5.78 Å². The van der Waals surface area contributed by atoms with Crippen LogP contribution >= 0.6 is 0 Å². The molecule has 0 radical (unpaired) electrons. The molecule has 6 nitrogen and oxygen atoms in total. The molecule has 0 fully saturated rings. The van der Waals surface area contributed by atoms with Gasteiger partial charge in [0.2, 0.25) is 0 Å². The molecular formula is C20H19N3O3. The summed E-state index contributed by atoms with van der Waals surface area (Å²) < 4.78 is 12.1. The monoisotopic (exact) mass is 349 g/mol. The van der Waals surface area contributed by atoms with Crippen molar-refractivity contribution in [3.8, 4) is 11.4 Å². The van der Waals surface area contributed by atoms with Gasteiger partial charge in [-0.15, -0.1) is 0 Å². The van der Waals surface area contributed by atoms with E-state index in [0.29, 0.717) is 24.5 Å². The van der Waals surface area contributed by atoms with Crippen LogP contribution in [0.5, 0.6) is 5.75 Å². The summed E-state index contributed by atoms with van der Waals surface area (Å²) in [7, 11) is 1.62. The predicted molar refractivity (Wildman–Crippen MR) is 98.5 cm³/mol. The van der Waals surface area contributed by atoms with E-state index in [4.69, 9.17) is 9.47 Å². The third-order valence-corrected chi connectivity index (χ3v) is 3.70. The first-order chi connectivity index (χ1) is 12.8. The lowest BCUT2D eigenvalue weighted by molar-refractivity contribution is 0.104. The Bertz CT molecular complexity index is 854. The highest BCUT2D eigenvalue weighted by Crippen LogP contribution is 2.14. The Kier molecular flexibility index (Phi) is 5.90. The zero-order chi connectivity index (χ0) is 18.2. The van der Waals surface area contributed by atoms with E-state index in [9.17, 15) is 4.79 Å². The highest BCUT2D eigenvalue weighted by Gasteiger charge is 2.03. The molecule has 26 heavy (non-hydrogen) atoms. The van der Waals surface area contributed by atoms with Crippen molar-refractivity contribution in [3.05, 3.63) is 78.4 Å². The Balaban J connectivity index is 1.60. The first-order valence-electron chi connectivity index (χ1n) is 8.15. The summed E-state index contributed by atoms with van der Waals surface area (Å²) in [5.41, 5.74) is 2.45. The molecule has 132 valence electrons. The molecule has 0 aliphatic heterocycles. The third kappa shape index (κ3) is 4.64. The molecule has 1 aromatic heterocycles. The summed E-state index contributed by atoms with van der Waals surface area (Å²) >= 11 is 0. The van der Waals surface area contributed by atoms with Gasteiger partial charge in [0, 0.05) is 12.7 Å². The summed E-state index contributed by atoms with van der Waals surface area (Å²) in [6.07, 6.45) is 6.47. The molecule has 1 heterocycles. The third-order valence-electron chi connectivity index (χ3n) is 3.70. The van der Waals surface area contributed by atoms with Crippen LogP contribution in [0.1, 0.15) is 15.9 Å². The minimum absolute atomic E-state index is 0.0613. The van der Waals surface area contributed by atoms with E-state index in [2.05, 4.69) is 10.1 Å². The molecule has 3 aromatic rings. The van der Waals surface area contributed by atoms with E-state index in [0.717, 1.165) is 11.3 Å². The summed E-state index contributed by atoms with van der Waals surface area (Å²) in [5.74, 6) is 0.653. The zero-order valence-electron chi connectivity index (χ0n) is 14.4. The van der Waals surface area contributed by atoms with Crippen LogP contribution in [0, 0.1) is 0 Å². The number of carbonyl (C=O) groups excluding carboxylic acids is 1. The summed E-state index contributed by atoms with van der Waals surface area (Å²) in [6.45, 7) is 1.01. The molecule has 0 aliphatic rings. The molecule has 2 aromatic carbocycles. The maximum Gasteiger partial charge on any atom is 0.185 e. The molecule has 0 N–H and O–H groups in total. The van der Waals surface area contributed by atoms with Crippen molar-refractivity contribution in [2.75, 3.05) is 20.3 Å². The molecule has 0 aliphatic carbocycles. The van der Waals surface area contributed by atoms with E-state index < -0.39 is 0 Å². The van der Waals surface area contributed by atoms with Crippen molar-refractivity contribution in [3.63, 3.8) is 0 Å². The number of methoxy groups -OCH3 is 1. The Hall–Kier alpha value is -3.25. The SMILES string of the molecule is COCCOc1ccc(C(=O)C=Cc2ccc(-n3cncn3)cc2)cc1. The highest BCUT2D eigenvalue weighted by atomic mass is 16.5. The number of hydrogen-bond acceptors (Lipinski definition) is 5. The molecule has 0 atom stereocenters. The van der Waals surface area contributed by atoms with Gasteiger partial charge < -0.3 is 9.47 Å². The highest BCUT2D eigenvalue weighted by molar-refractivity contribution is 6.06. The number of benzene rings is 2. The number of rotatable bonds is 8. The van der Waals surface area contributed by atoms with Crippen LogP contribution in [0.25, 0.3) is 11.8 Å². The Morgan fingerprint density at radius 3 is 2.50 bits per heavy atom. The summed E-state index contributed by atoms with van der Waals surface area (Å²) in [4.78, 5) is 16.2. The van der Waals surface area contributed by atoms with Gasteiger partial charge in [0.25, 0.3) is 0 Å².